The largest absolute Gasteiger partial charge is 0.390 e. The molecule has 0 aromatic heterocycles. The third kappa shape index (κ3) is 3.62. The fourth-order valence-corrected chi connectivity index (χ4v) is 9.44. The van der Waals surface area contributed by atoms with Crippen LogP contribution in [0.15, 0.2) is 11.6 Å². The first-order chi connectivity index (χ1) is 15.1. The van der Waals surface area contributed by atoms with Gasteiger partial charge in [0.15, 0.2) is 0 Å². The zero-order valence-electron chi connectivity index (χ0n) is 22.6. The van der Waals surface area contributed by atoms with Gasteiger partial charge in [0.05, 0.1) is 11.7 Å². The molecule has 2 N–H and O–H groups in total. The first kappa shape index (κ1) is 25.4. The van der Waals surface area contributed by atoms with E-state index in [1.54, 1.807) is 19.4 Å². The Balaban J connectivity index is 1.59. The lowest BCUT2D eigenvalue weighted by atomic mass is 9.41. The van der Waals surface area contributed by atoms with Crippen molar-refractivity contribution in [1.29, 1.82) is 0 Å². The molecule has 0 aromatic carbocycles. The Morgan fingerprint density at radius 2 is 1.73 bits per heavy atom. The molecular formula is C30H50O3. The summed E-state index contributed by atoms with van der Waals surface area (Å²) in [5, 5.41) is 20.6. The van der Waals surface area contributed by atoms with Gasteiger partial charge in [-0.2, -0.15) is 0 Å². The predicted octanol–water partition coefficient (Wildman–Crippen LogP) is 6.71. The molecule has 0 aromatic rings. The minimum absolute atomic E-state index is 0.204. The van der Waals surface area contributed by atoms with Gasteiger partial charge in [-0.15, -0.1) is 0 Å². The number of rotatable bonds is 5. The lowest BCUT2D eigenvalue weighted by Gasteiger charge is -2.63. The molecule has 0 radical (unpaired) electrons. The number of hydrogen-bond acceptors (Lipinski definition) is 3. The summed E-state index contributed by atoms with van der Waals surface area (Å²) in [7, 11) is 0. The lowest BCUT2D eigenvalue weighted by molar-refractivity contribution is -0.146. The SMILES string of the molecule is C[C@H](CC[C@H](O)C(C)(C)O)[C@H]1CC[C@]2(C)C3=CC[C@@H]4C(C)(C)C(=O)CC[C@]4(C)[C@H]3CC[C@@]12C. The van der Waals surface area contributed by atoms with Crippen LogP contribution in [0.4, 0.5) is 0 Å². The number of carbonyl (C=O) groups excluding carboxylic acids is 1. The molecule has 8 atom stereocenters. The Kier molecular flexibility index (Phi) is 6.10. The zero-order valence-corrected chi connectivity index (χ0v) is 22.6. The summed E-state index contributed by atoms with van der Waals surface area (Å²) in [6, 6.07) is 0. The third-order valence-corrected chi connectivity index (χ3v) is 12.0. The summed E-state index contributed by atoms with van der Waals surface area (Å²) in [5.41, 5.74) is 1.27. The molecule has 0 aliphatic heterocycles. The average Bonchev–Trinajstić information content (AvgIpc) is 3.00. The minimum atomic E-state index is -1.03. The Morgan fingerprint density at radius 1 is 1.06 bits per heavy atom. The van der Waals surface area contributed by atoms with Crippen LogP contribution >= 0.6 is 0 Å². The van der Waals surface area contributed by atoms with E-state index in [0.717, 1.165) is 25.7 Å². The van der Waals surface area contributed by atoms with Crippen molar-refractivity contribution < 1.29 is 15.0 Å². The lowest BCUT2D eigenvalue weighted by Crippen LogP contribution is -2.57. The maximum Gasteiger partial charge on any atom is 0.138 e. The fourth-order valence-electron chi connectivity index (χ4n) is 9.44. The molecule has 0 unspecified atom stereocenters. The van der Waals surface area contributed by atoms with Crippen molar-refractivity contribution in [2.45, 2.75) is 125 Å². The highest BCUT2D eigenvalue weighted by molar-refractivity contribution is 5.85. The number of carbonyl (C=O) groups is 1. The van der Waals surface area contributed by atoms with Crippen LogP contribution in [-0.4, -0.2) is 27.7 Å². The van der Waals surface area contributed by atoms with E-state index in [-0.39, 0.29) is 21.7 Å². The van der Waals surface area contributed by atoms with E-state index in [9.17, 15) is 15.0 Å². The Labute approximate surface area is 202 Å². The molecule has 4 aliphatic rings. The van der Waals surface area contributed by atoms with Gasteiger partial charge in [-0.3, -0.25) is 4.79 Å². The van der Waals surface area contributed by atoms with Gasteiger partial charge in [0, 0.05) is 11.8 Å². The van der Waals surface area contributed by atoms with Crippen molar-refractivity contribution in [2.75, 3.05) is 0 Å². The second kappa shape index (κ2) is 7.92. The topological polar surface area (TPSA) is 57.5 Å². The number of aliphatic hydroxyl groups is 2. The van der Waals surface area contributed by atoms with Crippen LogP contribution in [-0.2, 0) is 4.79 Å². The molecule has 3 saturated carbocycles. The number of hydrogen-bond donors (Lipinski definition) is 2. The normalized spacial score (nSPS) is 44.4. The number of ketones is 1. The number of fused-ring (bicyclic) bond motifs is 5. The highest BCUT2D eigenvalue weighted by atomic mass is 16.3. The second-order valence-corrected chi connectivity index (χ2v) is 14.3. The quantitative estimate of drug-likeness (QED) is 0.450. The van der Waals surface area contributed by atoms with Crippen LogP contribution in [0.2, 0.25) is 0 Å². The van der Waals surface area contributed by atoms with Crippen molar-refractivity contribution in [1.82, 2.24) is 0 Å². The molecular weight excluding hydrogens is 408 g/mol. The summed E-state index contributed by atoms with van der Waals surface area (Å²) in [6.07, 6.45) is 11.5. The second-order valence-electron chi connectivity index (χ2n) is 14.3. The maximum atomic E-state index is 12.8. The highest BCUT2D eigenvalue weighted by Crippen LogP contribution is 2.73. The van der Waals surface area contributed by atoms with Crippen LogP contribution in [0.1, 0.15) is 113 Å². The molecule has 0 spiro atoms. The fraction of sp³-hybridized carbons (Fsp3) is 0.900. The van der Waals surface area contributed by atoms with Gasteiger partial charge in [0.2, 0.25) is 0 Å². The summed E-state index contributed by atoms with van der Waals surface area (Å²) in [6.45, 7) is 17.9. The molecule has 0 saturated heterocycles. The van der Waals surface area contributed by atoms with Crippen molar-refractivity contribution >= 4 is 5.78 Å². The highest BCUT2D eigenvalue weighted by Gasteiger charge is 2.65. The van der Waals surface area contributed by atoms with Gasteiger partial charge < -0.3 is 10.2 Å². The van der Waals surface area contributed by atoms with E-state index in [1.807, 2.05) is 0 Å². The predicted molar refractivity (Wildman–Crippen MR) is 135 cm³/mol. The molecule has 188 valence electrons. The molecule has 0 bridgehead atoms. The Morgan fingerprint density at radius 3 is 2.36 bits per heavy atom. The molecule has 3 nitrogen and oxygen atoms in total. The molecule has 33 heavy (non-hydrogen) atoms. The Bertz CT molecular complexity index is 819. The van der Waals surface area contributed by atoms with E-state index in [0.29, 0.717) is 35.9 Å². The van der Waals surface area contributed by atoms with E-state index in [2.05, 4.69) is 47.6 Å². The van der Waals surface area contributed by atoms with Gasteiger partial charge in [-0.25, -0.2) is 0 Å². The average molecular weight is 459 g/mol. The summed E-state index contributed by atoms with van der Waals surface area (Å²) in [4.78, 5) is 12.8. The first-order valence-electron chi connectivity index (χ1n) is 13.7. The van der Waals surface area contributed by atoms with Crippen molar-refractivity contribution in [2.24, 2.45) is 45.3 Å². The van der Waals surface area contributed by atoms with Crippen LogP contribution in [0, 0.1) is 45.3 Å². The smallest absolute Gasteiger partial charge is 0.138 e. The van der Waals surface area contributed by atoms with E-state index in [4.69, 9.17) is 0 Å². The summed E-state index contributed by atoms with van der Waals surface area (Å²) in [5.74, 6) is 2.76. The van der Waals surface area contributed by atoms with Gasteiger partial charge in [-0.05, 0) is 105 Å². The van der Waals surface area contributed by atoms with Crippen LogP contribution in [0.5, 0.6) is 0 Å². The standard InChI is InChI=1S/C30H50O3/c1-19(9-12-25(32)27(4,5)33)20-13-17-30(8)22-10-11-23-26(2,3)24(31)15-16-28(23,6)21(22)14-18-29(20,30)7/h10,19-21,23,25,32-33H,9,11-18H2,1-8H3/t19-,20-,21+,23-,25+,28-,29+,30-/m1/s1. The van der Waals surface area contributed by atoms with Crippen molar-refractivity contribution in [3.63, 3.8) is 0 Å². The Hall–Kier alpha value is -0.670. The van der Waals surface area contributed by atoms with Crippen molar-refractivity contribution in [3.8, 4) is 0 Å². The molecule has 0 amide bonds. The van der Waals surface area contributed by atoms with Crippen LogP contribution in [0.3, 0.4) is 0 Å². The van der Waals surface area contributed by atoms with Gasteiger partial charge >= 0.3 is 0 Å². The summed E-state index contributed by atoms with van der Waals surface area (Å²) >= 11 is 0. The van der Waals surface area contributed by atoms with Crippen LogP contribution in [0.25, 0.3) is 0 Å². The van der Waals surface area contributed by atoms with Crippen molar-refractivity contribution in [3.05, 3.63) is 11.6 Å². The molecule has 4 rings (SSSR count). The van der Waals surface area contributed by atoms with Gasteiger partial charge in [0.1, 0.15) is 5.78 Å². The molecule has 3 fully saturated rings. The maximum absolute atomic E-state index is 12.8. The van der Waals surface area contributed by atoms with E-state index in [1.165, 1.54) is 25.7 Å². The number of aliphatic hydroxyl groups excluding tert-OH is 1. The van der Waals surface area contributed by atoms with Gasteiger partial charge in [0.25, 0.3) is 0 Å². The minimum Gasteiger partial charge on any atom is -0.390 e. The third-order valence-electron chi connectivity index (χ3n) is 12.0. The monoisotopic (exact) mass is 458 g/mol. The molecule has 0 heterocycles. The van der Waals surface area contributed by atoms with E-state index >= 15 is 0 Å². The number of Topliss-reactive ketones (excluding diaryl/α,β-unsaturated/α-hetero) is 1. The molecule has 3 heteroatoms. The zero-order chi connectivity index (χ0) is 24.6. The summed E-state index contributed by atoms with van der Waals surface area (Å²) < 4.78 is 0. The molecule has 4 aliphatic carbocycles. The number of allylic oxidation sites excluding steroid dienone is 2. The van der Waals surface area contributed by atoms with Gasteiger partial charge in [-0.1, -0.05) is 53.2 Å². The first-order valence-corrected chi connectivity index (χ1v) is 13.7. The van der Waals surface area contributed by atoms with E-state index < -0.39 is 11.7 Å². The van der Waals surface area contributed by atoms with Crippen LogP contribution < -0.4 is 0 Å².